The molecule has 7 aromatic rings. The number of hydrogen-bond donors (Lipinski definition) is 2. The number of amides is 3. The van der Waals surface area contributed by atoms with E-state index in [0.29, 0.717) is 91.9 Å². The van der Waals surface area contributed by atoms with Crippen molar-refractivity contribution < 1.29 is 85.5 Å². The van der Waals surface area contributed by atoms with Crippen molar-refractivity contribution >= 4 is 80.7 Å². The Bertz CT molecular complexity index is 4290. The Morgan fingerprint density at radius 3 is 1.74 bits per heavy atom. The maximum atomic E-state index is 15.3. The normalized spacial score (nSPS) is 16.1. The van der Waals surface area contributed by atoms with Gasteiger partial charge in [-0.2, -0.15) is 5.10 Å². The molecule has 10 rings (SSSR count). The zero-order valence-electron chi connectivity index (χ0n) is 58.9. The number of aromatic nitrogens is 3. The van der Waals surface area contributed by atoms with Gasteiger partial charge in [0.2, 0.25) is 11.5 Å². The van der Waals surface area contributed by atoms with Crippen molar-refractivity contribution in [3.63, 3.8) is 0 Å². The predicted molar refractivity (Wildman–Crippen MR) is 380 cm³/mol. The monoisotopic (exact) mass is 1440 g/mol. The van der Waals surface area contributed by atoms with E-state index in [1.54, 1.807) is 128 Å². The number of nitrogens with zero attached hydrogens (tertiary/aromatic N) is 6. The van der Waals surface area contributed by atoms with Crippen molar-refractivity contribution in [3.8, 4) is 34.5 Å². The van der Waals surface area contributed by atoms with Gasteiger partial charge in [0.25, 0.3) is 11.8 Å². The number of aryl methyl sites for hydroxylation is 1. The summed E-state index contributed by atoms with van der Waals surface area (Å²) < 4.78 is 59.2. The van der Waals surface area contributed by atoms with Crippen LogP contribution in [0.5, 0.6) is 34.5 Å². The first kappa shape index (κ1) is 74.5. The number of thiazole rings is 1. The number of carbonyl (C=O) groups excluding carboxylic acids is 6. The third-order valence-electron chi connectivity index (χ3n) is 16.7. The van der Waals surface area contributed by atoms with E-state index in [-0.39, 0.29) is 67.2 Å². The molecule has 3 aliphatic rings. The highest BCUT2D eigenvalue weighted by Crippen LogP contribution is 2.43. The summed E-state index contributed by atoms with van der Waals surface area (Å²) in [6.45, 7) is 13.8. The number of hydrogen-bond acceptors (Lipinski definition) is 23. The lowest BCUT2D eigenvalue weighted by molar-refractivity contribution is -0.941. The Hall–Kier alpha value is -10.2. The smallest absolute Gasteiger partial charge is 0.413 e. The number of nitrogens with one attached hydrogen (secondary N) is 2. The van der Waals surface area contributed by atoms with Gasteiger partial charge in [-0.25, -0.2) is 19.4 Å². The van der Waals surface area contributed by atoms with Gasteiger partial charge in [-0.3, -0.25) is 34.1 Å². The first-order valence-electron chi connectivity index (χ1n) is 33.3. The molecular weight excluding hydrogens is 1350 g/mol. The van der Waals surface area contributed by atoms with Crippen molar-refractivity contribution in [1.29, 1.82) is 0 Å². The van der Waals surface area contributed by atoms with Crippen LogP contribution >= 0.6 is 23.1 Å². The van der Waals surface area contributed by atoms with Crippen LogP contribution in [0.25, 0.3) is 10.9 Å². The van der Waals surface area contributed by atoms with Crippen LogP contribution in [-0.4, -0.2) is 148 Å². The molecular formula is C74H85N8O18S2+. The summed E-state index contributed by atoms with van der Waals surface area (Å²) in [6.07, 6.45) is -0.821. The number of esters is 3. The van der Waals surface area contributed by atoms with Crippen LogP contribution in [0.15, 0.2) is 136 Å². The number of β-lactam (4-membered cyclic amide) rings is 1. The number of fused-ring (bicyclic) bond motifs is 2. The lowest BCUT2D eigenvalue weighted by Gasteiger charge is -2.50. The molecule has 26 nitrogen and oxygen atoms in total. The summed E-state index contributed by atoms with van der Waals surface area (Å²) in [5.41, 5.74) is 1.47. The van der Waals surface area contributed by atoms with Crippen LogP contribution < -0.4 is 44.5 Å². The fourth-order valence-electron chi connectivity index (χ4n) is 11.7. The number of piperidine rings is 1. The summed E-state index contributed by atoms with van der Waals surface area (Å²) >= 11 is 2.22. The fraction of sp³-hybridized carbons (Fsp3) is 0.405. The van der Waals surface area contributed by atoms with Crippen LogP contribution in [0.3, 0.4) is 0 Å². The maximum absolute atomic E-state index is 15.3. The molecule has 0 spiro atoms. The number of thioether (sulfide) groups is 1. The molecule has 2 aromatic heterocycles. The number of oxime groups is 1. The molecule has 0 unspecified atom stereocenters. The summed E-state index contributed by atoms with van der Waals surface area (Å²) in [5, 5.41) is 15.4. The van der Waals surface area contributed by atoms with E-state index in [1.807, 2.05) is 55.5 Å². The van der Waals surface area contributed by atoms with E-state index in [9.17, 15) is 19.2 Å². The number of likely N-dealkylation sites (tertiary alicyclic amines) is 1. The van der Waals surface area contributed by atoms with E-state index in [1.165, 1.54) is 29.2 Å². The van der Waals surface area contributed by atoms with Crippen LogP contribution in [0.2, 0.25) is 0 Å². The number of carbonyl (C=O) groups is 6. The van der Waals surface area contributed by atoms with Gasteiger partial charge in [-0.05, 0) is 145 Å². The van der Waals surface area contributed by atoms with Crippen LogP contribution in [0.4, 0.5) is 9.93 Å². The Kier molecular flexibility index (Phi) is 24.2. The molecule has 0 aliphatic carbocycles. The third-order valence-corrected chi connectivity index (χ3v) is 18.8. The van der Waals surface area contributed by atoms with Crippen molar-refractivity contribution in [3.05, 3.63) is 170 Å². The largest absolute Gasteiger partial charge is 0.497 e. The van der Waals surface area contributed by atoms with Gasteiger partial charge in [-0.15, -0.1) is 23.1 Å². The maximum Gasteiger partial charge on any atom is 0.413 e. The molecule has 3 atom stereocenters. The minimum atomic E-state index is -1.78. The van der Waals surface area contributed by atoms with Crippen molar-refractivity contribution in [2.75, 3.05) is 59.1 Å². The summed E-state index contributed by atoms with van der Waals surface area (Å²) in [7, 11) is 6.26. The second-order valence-electron chi connectivity index (χ2n) is 26.5. The highest BCUT2D eigenvalue weighted by atomic mass is 32.2. The first-order chi connectivity index (χ1) is 48.8. The predicted octanol–water partition coefficient (Wildman–Crippen LogP) is 10.6. The molecule has 5 aromatic carbocycles. The quantitative estimate of drug-likeness (QED) is 0.0110. The SMILES string of the molecule is CCn1nc(C[N+]2(CC3=C(C(=O)OCc4ccc(OC)cc4)N4C(=O)[C@@H](NC(=O)C(=NO[C@@H](CC(=O)OC(C)(C)C)C(=O)OCc5ccc(OC)cc5)c5csc(NC(=O)OC(C)(C)C)n5)[C@H]4SC3)CCCCC2)c(=O)c2cc(OCc3ccc(OC)cc3)c(OCc3ccc(OC)cc3)cc21. The molecule has 28 heteroatoms. The Morgan fingerprint density at radius 2 is 1.21 bits per heavy atom. The van der Waals surface area contributed by atoms with Gasteiger partial charge >= 0.3 is 24.0 Å². The molecule has 0 saturated carbocycles. The zero-order valence-corrected chi connectivity index (χ0v) is 60.6. The zero-order chi connectivity index (χ0) is 72.9. The number of rotatable bonds is 29. The highest BCUT2D eigenvalue weighted by Gasteiger charge is 2.56. The number of methoxy groups -OCH3 is 4. The molecule has 2 saturated heterocycles. The average molecular weight is 1440 g/mol. The molecule has 5 heterocycles. The Labute approximate surface area is 599 Å². The molecule has 540 valence electrons. The summed E-state index contributed by atoms with van der Waals surface area (Å²) in [4.78, 5) is 112. The van der Waals surface area contributed by atoms with Crippen LogP contribution in [0.1, 0.15) is 108 Å². The third kappa shape index (κ3) is 19.1. The Morgan fingerprint density at radius 1 is 0.676 bits per heavy atom. The van der Waals surface area contributed by atoms with E-state index in [2.05, 4.69) is 20.8 Å². The lowest BCUT2D eigenvalue weighted by atomic mass is 9.99. The molecule has 0 bridgehead atoms. The Balaban J connectivity index is 0.969. The summed E-state index contributed by atoms with van der Waals surface area (Å²) in [6, 6.07) is 30.9. The van der Waals surface area contributed by atoms with Gasteiger partial charge in [0.15, 0.2) is 28.0 Å². The molecule has 102 heavy (non-hydrogen) atoms. The first-order valence-corrected chi connectivity index (χ1v) is 35.2. The number of anilines is 1. The highest BCUT2D eigenvalue weighted by molar-refractivity contribution is 8.00. The average Bonchev–Trinajstić information content (AvgIpc) is 0.748. The molecule has 2 fully saturated rings. The number of ether oxygens (including phenoxy) is 10. The van der Waals surface area contributed by atoms with Crippen LogP contribution in [0, 0.1) is 0 Å². The molecule has 3 aliphatic heterocycles. The van der Waals surface area contributed by atoms with E-state index >= 15 is 14.4 Å². The van der Waals surface area contributed by atoms with Crippen LogP contribution in [-0.2, 0) is 87.3 Å². The minimum absolute atomic E-state index is 0.00295. The second kappa shape index (κ2) is 33.1. The topological polar surface area (TPSA) is 291 Å². The van der Waals surface area contributed by atoms with Gasteiger partial charge in [0.05, 0.1) is 58.9 Å². The second-order valence-corrected chi connectivity index (χ2v) is 28.5. The molecule has 0 radical (unpaired) electrons. The van der Waals surface area contributed by atoms with Crippen molar-refractivity contribution in [2.45, 2.75) is 142 Å². The number of quaternary nitrogens is 1. The van der Waals surface area contributed by atoms with Crippen molar-refractivity contribution in [1.82, 2.24) is 25.0 Å². The van der Waals surface area contributed by atoms with Gasteiger partial charge in [0.1, 0.15) is 96.5 Å². The lowest BCUT2D eigenvalue weighted by Crippen LogP contribution is -2.71. The van der Waals surface area contributed by atoms with Crippen molar-refractivity contribution in [2.24, 2.45) is 5.16 Å². The molecule has 2 N–H and O–H groups in total. The summed E-state index contributed by atoms with van der Waals surface area (Å²) in [5.74, 6) is -0.868. The van der Waals surface area contributed by atoms with Gasteiger partial charge in [-0.1, -0.05) is 53.7 Å². The minimum Gasteiger partial charge on any atom is -0.497 e. The van der Waals surface area contributed by atoms with E-state index in [0.717, 1.165) is 41.7 Å². The standard InChI is InChI=1S/C74H84N8O18S2/c1-12-80-57-35-59(95-40-46-18-26-51(91-9)27-19-46)58(94-39-45-16-24-50(90-8)25-17-45)34-54(57)65(84)55(78-80)38-82(32-14-13-15-33-82)37-49-43-101-68-63(67(86)81(68)64(49)70(88)97-42-48-22-30-53(93-11)31-23-48)76-66(85)62(56-44-102-71(75-56)77-72(89)99-74(5,6)7)79-100-60(36-61(83)98-73(2,3)4)69(87)96-41-47-20-28-52(92-10)29-21-47/h16-31,34-35,44,60,63,68H,12-15,32-33,36-43H2,1-11H3,(H-,75,76,77,85,89)/p+1/t60-,63+,68+/m0/s1. The number of benzene rings is 5. The molecule has 3 amide bonds. The van der Waals surface area contributed by atoms with E-state index in [4.69, 9.17) is 57.3 Å². The fourth-order valence-corrected chi connectivity index (χ4v) is 13.7. The van der Waals surface area contributed by atoms with Gasteiger partial charge < -0.3 is 62.0 Å². The van der Waals surface area contributed by atoms with E-state index < -0.39 is 76.7 Å². The van der Waals surface area contributed by atoms with Gasteiger partial charge in [0, 0.05) is 29.3 Å².